The van der Waals surface area contributed by atoms with Crippen molar-refractivity contribution in [1.82, 2.24) is 15.1 Å². The number of rotatable bonds is 5. The molecule has 0 bridgehead atoms. The highest BCUT2D eigenvalue weighted by molar-refractivity contribution is 5.89. The highest BCUT2D eigenvalue weighted by Crippen LogP contribution is 2.16. The molecule has 2 N–H and O–H groups in total. The van der Waals surface area contributed by atoms with Crippen LogP contribution < -0.4 is 15.4 Å². The summed E-state index contributed by atoms with van der Waals surface area (Å²) < 4.78 is 6.93. The number of ether oxygens (including phenoxy) is 1. The van der Waals surface area contributed by atoms with Gasteiger partial charge in [-0.3, -0.25) is 4.68 Å². The fourth-order valence-electron chi connectivity index (χ4n) is 1.94. The third-order valence-corrected chi connectivity index (χ3v) is 3.16. The van der Waals surface area contributed by atoms with Gasteiger partial charge in [0.2, 0.25) is 0 Å². The first-order chi connectivity index (χ1) is 10.1. The van der Waals surface area contributed by atoms with E-state index in [4.69, 9.17) is 4.74 Å². The van der Waals surface area contributed by atoms with Crippen molar-refractivity contribution in [3.05, 3.63) is 41.7 Å². The maximum atomic E-state index is 11.8. The van der Waals surface area contributed by atoms with Crippen molar-refractivity contribution in [2.24, 2.45) is 7.05 Å². The van der Waals surface area contributed by atoms with Gasteiger partial charge in [-0.15, -0.1) is 0 Å². The Morgan fingerprint density at radius 1 is 1.38 bits per heavy atom. The molecule has 1 aromatic heterocycles. The third kappa shape index (κ3) is 4.24. The van der Waals surface area contributed by atoms with Crippen LogP contribution >= 0.6 is 0 Å². The maximum Gasteiger partial charge on any atom is 0.319 e. The first-order valence-electron chi connectivity index (χ1n) is 6.77. The fraction of sp³-hybridized carbons (Fsp3) is 0.333. The van der Waals surface area contributed by atoms with Crippen LogP contribution in [-0.2, 0) is 13.5 Å². The molecule has 112 valence electrons. The van der Waals surface area contributed by atoms with Crippen molar-refractivity contribution < 1.29 is 9.53 Å². The van der Waals surface area contributed by atoms with Crippen molar-refractivity contribution in [2.45, 2.75) is 13.3 Å². The summed E-state index contributed by atoms with van der Waals surface area (Å²) in [5.74, 6) is 0.705. The molecule has 0 unspecified atom stereocenters. The second-order valence-electron chi connectivity index (χ2n) is 4.76. The summed E-state index contributed by atoms with van der Waals surface area (Å²) in [6, 6.07) is 9.00. The van der Waals surface area contributed by atoms with E-state index in [0.717, 1.165) is 11.4 Å². The van der Waals surface area contributed by atoms with E-state index in [0.29, 0.717) is 24.4 Å². The molecule has 0 aliphatic carbocycles. The Hall–Kier alpha value is -2.50. The number of nitrogens with one attached hydrogen (secondary N) is 2. The first-order valence-corrected chi connectivity index (χ1v) is 6.77. The molecule has 0 atom stereocenters. The molecule has 1 heterocycles. The summed E-state index contributed by atoms with van der Waals surface area (Å²) >= 11 is 0. The molecule has 0 radical (unpaired) electrons. The lowest BCUT2D eigenvalue weighted by Gasteiger charge is -2.08. The summed E-state index contributed by atoms with van der Waals surface area (Å²) in [6.45, 7) is 2.53. The van der Waals surface area contributed by atoms with Gasteiger partial charge >= 0.3 is 6.03 Å². The SMILES string of the molecule is COc1cccc(NC(=O)NCCc2cc(C)n(C)n2)c1. The standard InChI is InChI=1S/C15H20N4O2/c1-11-9-13(18-19(11)2)7-8-16-15(20)17-12-5-4-6-14(10-12)21-3/h4-6,9-10H,7-8H2,1-3H3,(H2,16,17,20). The number of carbonyl (C=O) groups excluding carboxylic acids is 1. The Morgan fingerprint density at radius 3 is 2.86 bits per heavy atom. The molecule has 0 aliphatic heterocycles. The summed E-state index contributed by atoms with van der Waals surface area (Å²) in [5, 5.41) is 9.91. The molecule has 0 spiro atoms. The maximum absolute atomic E-state index is 11.8. The predicted octanol–water partition coefficient (Wildman–Crippen LogP) is 2.10. The lowest BCUT2D eigenvalue weighted by atomic mass is 10.3. The summed E-state index contributed by atoms with van der Waals surface area (Å²) in [4.78, 5) is 11.8. The van der Waals surface area contributed by atoms with Gasteiger partial charge in [0.15, 0.2) is 0 Å². The fourth-order valence-corrected chi connectivity index (χ4v) is 1.94. The van der Waals surface area contributed by atoms with Crippen molar-refractivity contribution in [2.75, 3.05) is 19.0 Å². The topological polar surface area (TPSA) is 68.2 Å². The van der Waals surface area contributed by atoms with Gasteiger partial charge in [-0.05, 0) is 25.1 Å². The molecule has 6 nitrogen and oxygen atoms in total. The van der Waals surface area contributed by atoms with Crippen molar-refractivity contribution >= 4 is 11.7 Å². The molecule has 2 amide bonds. The minimum Gasteiger partial charge on any atom is -0.497 e. The molecule has 1 aromatic carbocycles. The Kier molecular flexibility index (Phi) is 4.81. The van der Waals surface area contributed by atoms with Crippen LogP contribution in [0.25, 0.3) is 0 Å². The number of aryl methyl sites for hydroxylation is 2. The smallest absolute Gasteiger partial charge is 0.319 e. The molecule has 0 saturated heterocycles. The summed E-state index contributed by atoms with van der Waals surface area (Å²) in [5.41, 5.74) is 2.77. The van der Waals surface area contributed by atoms with Crippen molar-refractivity contribution in [3.63, 3.8) is 0 Å². The third-order valence-electron chi connectivity index (χ3n) is 3.16. The van der Waals surface area contributed by atoms with E-state index in [2.05, 4.69) is 15.7 Å². The van der Waals surface area contributed by atoms with E-state index in [9.17, 15) is 4.79 Å². The highest BCUT2D eigenvalue weighted by Gasteiger charge is 2.04. The van der Waals surface area contributed by atoms with E-state index < -0.39 is 0 Å². The van der Waals surface area contributed by atoms with Crippen LogP contribution in [0, 0.1) is 6.92 Å². The van der Waals surface area contributed by atoms with Gasteiger partial charge in [0.05, 0.1) is 12.8 Å². The van der Waals surface area contributed by atoms with Crippen LogP contribution in [0.4, 0.5) is 10.5 Å². The molecule has 2 aromatic rings. The largest absolute Gasteiger partial charge is 0.497 e. The number of aromatic nitrogens is 2. The number of nitrogens with zero attached hydrogens (tertiary/aromatic N) is 2. The average Bonchev–Trinajstić information content (AvgIpc) is 2.78. The van der Waals surface area contributed by atoms with E-state index in [1.165, 1.54) is 0 Å². The first kappa shape index (κ1) is 14.9. The molecule has 0 saturated carbocycles. The Bertz CT molecular complexity index is 602. The monoisotopic (exact) mass is 288 g/mol. The predicted molar refractivity (Wildman–Crippen MR) is 81.7 cm³/mol. The number of benzene rings is 1. The number of anilines is 1. The van der Waals surface area contributed by atoms with E-state index in [-0.39, 0.29) is 6.03 Å². The van der Waals surface area contributed by atoms with Gasteiger partial charge in [-0.25, -0.2) is 4.79 Å². The Morgan fingerprint density at radius 2 is 2.19 bits per heavy atom. The molecular weight excluding hydrogens is 268 g/mol. The van der Waals surface area contributed by atoms with Crippen LogP contribution in [0.5, 0.6) is 5.75 Å². The lowest BCUT2D eigenvalue weighted by Crippen LogP contribution is -2.30. The van der Waals surface area contributed by atoms with E-state index >= 15 is 0 Å². The highest BCUT2D eigenvalue weighted by atomic mass is 16.5. The quantitative estimate of drug-likeness (QED) is 0.885. The normalized spacial score (nSPS) is 10.2. The molecule has 0 aliphatic rings. The second kappa shape index (κ2) is 6.78. The zero-order valence-corrected chi connectivity index (χ0v) is 12.5. The Balaban J connectivity index is 1.79. The minimum atomic E-state index is -0.240. The van der Waals surface area contributed by atoms with Gasteiger partial charge in [-0.2, -0.15) is 5.10 Å². The Labute approximate surface area is 124 Å². The number of amides is 2. The minimum absolute atomic E-state index is 0.240. The van der Waals surface area contributed by atoms with Gasteiger partial charge in [0.1, 0.15) is 5.75 Å². The molecule has 0 fully saturated rings. The zero-order valence-electron chi connectivity index (χ0n) is 12.5. The number of hydrogen-bond donors (Lipinski definition) is 2. The van der Waals surface area contributed by atoms with Gasteiger partial charge in [0, 0.05) is 37.5 Å². The van der Waals surface area contributed by atoms with Gasteiger partial charge in [-0.1, -0.05) is 6.07 Å². The summed E-state index contributed by atoms with van der Waals surface area (Å²) in [6.07, 6.45) is 0.702. The molecule has 6 heteroatoms. The van der Waals surface area contributed by atoms with E-state index in [1.54, 1.807) is 13.2 Å². The summed E-state index contributed by atoms with van der Waals surface area (Å²) in [7, 11) is 3.50. The van der Waals surface area contributed by atoms with Crippen molar-refractivity contribution in [3.8, 4) is 5.75 Å². The van der Waals surface area contributed by atoms with Crippen LogP contribution in [-0.4, -0.2) is 29.5 Å². The lowest BCUT2D eigenvalue weighted by molar-refractivity contribution is 0.252. The van der Waals surface area contributed by atoms with Crippen LogP contribution in [0.1, 0.15) is 11.4 Å². The van der Waals surface area contributed by atoms with Crippen LogP contribution in [0.15, 0.2) is 30.3 Å². The molecular formula is C15H20N4O2. The van der Waals surface area contributed by atoms with E-state index in [1.807, 2.05) is 42.9 Å². The molecule has 21 heavy (non-hydrogen) atoms. The second-order valence-corrected chi connectivity index (χ2v) is 4.76. The average molecular weight is 288 g/mol. The number of hydrogen-bond acceptors (Lipinski definition) is 3. The van der Waals surface area contributed by atoms with Crippen LogP contribution in [0.3, 0.4) is 0 Å². The van der Waals surface area contributed by atoms with Gasteiger partial charge in [0.25, 0.3) is 0 Å². The number of urea groups is 1. The molecule has 2 rings (SSSR count). The number of carbonyl (C=O) groups is 1. The zero-order chi connectivity index (χ0) is 15.2. The van der Waals surface area contributed by atoms with Gasteiger partial charge < -0.3 is 15.4 Å². The number of methoxy groups -OCH3 is 1. The van der Waals surface area contributed by atoms with Crippen LogP contribution in [0.2, 0.25) is 0 Å². The van der Waals surface area contributed by atoms with Crippen molar-refractivity contribution in [1.29, 1.82) is 0 Å².